The molecule has 90 valence electrons. The van der Waals surface area contributed by atoms with Crippen molar-refractivity contribution in [1.82, 2.24) is 9.55 Å². The fraction of sp³-hybridized carbons (Fsp3) is 0.357. The van der Waals surface area contributed by atoms with E-state index in [0.29, 0.717) is 6.54 Å². The molecule has 0 fully saturated rings. The molecule has 0 unspecified atom stereocenters. The van der Waals surface area contributed by atoms with Gasteiger partial charge in [0, 0.05) is 19.2 Å². The zero-order valence-electron chi connectivity index (χ0n) is 10.9. The second-order valence-corrected chi connectivity index (χ2v) is 4.54. The number of hydrogen-bond donors (Lipinski definition) is 1. The molecule has 0 atom stereocenters. The molecular weight excluding hydrogens is 210 g/mol. The van der Waals surface area contributed by atoms with E-state index in [1.54, 1.807) is 0 Å². The number of nitrogens with zero attached hydrogens (tertiary/aromatic N) is 2. The van der Waals surface area contributed by atoms with Crippen LogP contribution in [0.3, 0.4) is 0 Å². The van der Waals surface area contributed by atoms with E-state index in [2.05, 4.69) is 41.6 Å². The van der Waals surface area contributed by atoms with E-state index in [0.717, 1.165) is 17.2 Å². The van der Waals surface area contributed by atoms with Gasteiger partial charge >= 0.3 is 0 Å². The number of rotatable bonds is 2. The molecule has 1 aromatic heterocycles. The van der Waals surface area contributed by atoms with Gasteiger partial charge in [0.15, 0.2) is 0 Å². The minimum Gasteiger partial charge on any atom is -0.331 e. The number of imidazole rings is 1. The van der Waals surface area contributed by atoms with Crippen molar-refractivity contribution in [2.24, 2.45) is 12.8 Å². The highest BCUT2D eigenvalue weighted by molar-refractivity contribution is 5.67. The standard InChI is InChI=1S/C14H19N3/c1-9-5-6-12(10(2)7-9)14-13(8-15)16-11(3)17(14)4/h5-7H,8,15H2,1-4H3. The minimum atomic E-state index is 0.477. The van der Waals surface area contributed by atoms with Crippen molar-refractivity contribution in [2.75, 3.05) is 0 Å². The highest BCUT2D eigenvalue weighted by Crippen LogP contribution is 2.27. The fourth-order valence-electron chi connectivity index (χ4n) is 2.24. The molecule has 0 aliphatic heterocycles. The van der Waals surface area contributed by atoms with Gasteiger partial charge < -0.3 is 10.3 Å². The summed E-state index contributed by atoms with van der Waals surface area (Å²) in [6, 6.07) is 6.48. The van der Waals surface area contributed by atoms with E-state index < -0.39 is 0 Å². The molecule has 0 bridgehead atoms. The maximum absolute atomic E-state index is 5.77. The number of aryl methyl sites for hydroxylation is 3. The molecule has 2 rings (SSSR count). The molecular formula is C14H19N3. The fourth-order valence-corrected chi connectivity index (χ4v) is 2.24. The molecule has 2 aromatic rings. The van der Waals surface area contributed by atoms with Crippen molar-refractivity contribution < 1.29 is 0 Å². The maximum atomic E-state index is 5.77. The van der Waals surface area contributed by atoms with Crippen LogP contribution in [0.2, 0.25) is 0 Å². The van der Waals surface area contributed by atoms with Crippen LogP contribution < -0.4 is 5.73 Å². The summed E-state index contributed by atoms with van der Waals surface area (Å²) in [5, 5.41) is 0. The van der Waals surface area contributed by atoms with Crippen molar-refractivity contribution in [3.63, 3.8) is 0 Å². The van der Waals surface area contributed by atoms with Gasteiger partial charge in [0.25, 0.3) is 0 Å². The predicted molar refractivity (Wildman–Crippen MR) is 70.7 cm³/mol. The Kier molecular flexibility index (Phi) is 3.03. The average Bonchev–Trinajstić information content (AvgIpc) is 2.56. The van der Waals surface area contributed by atoms with Gasteiger partial charge in [-0.1, -0.05) is 23.8 Å². The zero-order valence-corrected chi connectivity index (χ0v) is 10.9. The molecule has 0 amide bonds. The summed E-state index contributed by atoms with van der Waals surface area (Å²) in [7, 11) is 2.04. The minimum absolute atomic E-state index is 0.477. The zero-order chi connectivity index (χ0) is 12.6. The Labute approximate surface area is 102 Å². The Morgan fingerprint density at radius 1 is 1.24 bits per heavy atom. The van der Waals surface area contributed by atoms with Crippen LogP contribution in [0.4, 0.5) is 0 Å². The number of benzene rings is 1. The summed E-state index contributed by atoms with van der Waals surface area (Å²) in [6.45, 7) is 6.72. The van der Waals surface area contributed by atoms with Gasteiger partial charge in [-0.2, -0.15) is 0 Å². The second kappa shape index (κ2) is 4.34. The van der Waals surface area contributed by atoms with Crippen LogP contribution in [0, 0.1) is 20.8 Å². The third kappa shape index (κ3) is 1.98. The molecule has 0 aliphatic rings. The summed E-state index contributed by atoms with van der Waals surface area (Å²) in [6.07, 6.45) is 0. The monoisotopic (exact) mass is 229 g/mol. The first-order chi connectivity index (χ1) is 8.04. The lowest BCUT2D eigenvalue weighted by molar-refractivity contribution is 0.864. The Morgan fingerprint density at radius 2 is 1.94 bits per heavy atom. The Bertz CT molecular complexity index is 553. The first-order valence-corrected chi connectivity index (χ1v) is 5.84. The Hall–Kier alpha value is -1.61. The molecule has 0 saturated heterocycles. The Morgan fingerprint density at radius 3 is 2.53 bits per heavy atom. The first-order valence-electron chi connectivity index (χ1n) is 5.84. The van der Waals surface area contributed by atoms with Crippen LogP contribution in [0.1, 0.15) is 22.6 Å². The number of hydrogen-bond acceptors (Lipinski definition) is 2. The lowest BCUT2D eigenvalue weighted by Crippen LogP contribution is -2.01. The van der Waals surface area contributed by atoms with Crippen LogP contribution in [-0.4, -0.2) is 9.55 Å². The largest absolute Gasteiger partial charge is 0.331 e. The average molecular weight is 229 g/mol. The van der Waals surface area contributed by atoms with E-state index >= 15 is 0 Å². The predicted octanol–water partition coefficient (Wildman–Crippen LogP) is 2.47. The van der Waals surface area contributed by atoms with Crippen molar-refractivity contribution in [1.29, 1.82) is 0 Å². The summed E-state index contributed by atoms with van der Waals surface area (Å²) in [5.41, 5.74) is 11.7. The van der Waals surface area contributed by atoms with E-state index in [4.69, 9.17) is 5.73 Å². The van der Waals surface area contributed by atoms with E-state index in [-0.39, 0.29) is 0 Å². The summed E-state index contributed by atoms with van der Waals surface area (Å²) in [4.78, 5) is 4.51. The first kappa shape index (κ1) is 11.9. The van der Waals surface area contributed by atoms with Crippen molar-refractivity contribution in [2.45, 2.75) is 27.3 Å². The molecule has 0 saturated carbocycles. The third-order valence-corrected chi connectivity index (χ3v) is 3.22. The van der Waals surface area contributed by atoms with Crippen molar-refractivity contribution in [3.8, 4) is 11.3 Å². The van der Waals surface area contributed by atoms with Crippen LogP contribution in [0.5, 0.6) is 0 Å². The van der Waals surface area contributed by atoms with E-state index in [1.165, 1.54) is 16.7 Å². The van der Waals surface area contributed by atoms with Crippen molar-refractivity contribution >= 4 is 0 Å². The highest BCUT2D eigenvalue weighted by Gasteiger charge is 2.14. The van der Waals surface area contributed by atoms with Gasteiger partial charge in [-0.15, -0.1) is 0 Å². The molecule has 2 N–H and O–H groups in total. The van der Waals surface area contributed by atoms with Crippen LogP contribution >= 0.6 is 0 Å². The lowest BCUT2D eigenvalue weighted by atomic mass is 10.0. The van der Waals surface area contributed by atoms with Gasteiger partial charge in [0.1, 0.15) is 5.82 Å². The van der Waals surface area contributed by atoms with E-state index in [9.17, 15) is 0 Å². The summed E-state index contributed by atoms with van der Waals surface area (Å²) in [5.74, 6) is 1.00. The molecule has 1 heterocycles. The summed E-state index contributed by atoms with van der Waals surface area (Å²) < 4.78 is 2.11. The molecule has 0 radical (unpaired) electrons. The van der Waals surface area contributed by atoms with Crippen LogP contribution in [0.25, 0.3) is 11.3 Å². The molecule has 0 aliphatic carbocycles. The van der Waals surface area contributed by atoms with Crippen LogP contribution in [-0.2, 0) is 13.6 Å². The smallest absolute Gasteiger partial charge is 0.106 e. The number of nitrogens with two attached hydrogens (primary N) is 1. The van der Waals surface area contributed by atoms with Gasteiger partial charge in [-0.25, -0.2) is 4.98 Å². The van der Waals surface area contributed by atoms with Gasteiger partial charge in [0.05, 0.1) is 11.4 Å². The highest BCUT2D eigenvalue weighted by atomic mass is 15.1. The van der Waals surface area contributed by atoms with Gasteiger partial charge in [-0.3, -0.25) is 0 Å². The quantitative estimate of drug-likeness (QED) is 0.859. The number of aromatic nitrogens is 2. The second-order valence-electron chi connectivity index (χ2n) is 4.54. The molecule has 17 heavy (non-hydrogen) atoms. The molecule has 0 spiro atoms. The lowest BCUT2D eigenvalue weighted by Gasteiger charge is -2.10. The maximum Gasteiger partial charge on any atom is 0.106 e. The van der Waals surface area contributed by atoms with Gasteiger partial charge in [-0.05, 0) is 26.3 Å². The summed E-state index contributed by atoms with van der Waals surface area (Å²) >= 11 is 0. The SMILES string of the molecule is Cc1ccc(-c2c(CN)nc(C)n2C)c(C)c1. The Balaban J connectivity index is 2.67. The topological polar surface area (TPSA) is 43.8 Å². The molecule has 3 nitrogen and oxygen atoms in total. The molecule has 3 heteroatoms. The molecule has 1 aromatic carbocycles. The van der Waals surface area contributed by atoms with Crippen molar-refractivity contribution in [3.05, 3.63) is 40.8 Å². The van der Waals surface area contributed by atoms with Crippen LogP contribution in [0.15, 0.2) is 18.2 Å². The van der Waals surface area contributed by atoms with E-state index in [1.807, 2.05) is 14.0 Å². The normalized spacial score (nSPS) is 10.9. The third-order valence-electron chi connectivity index (χ3n) is 3.22. The van der Waals surface area contributed by atoms with Gasteiger partial charge in [0.2, 0.25) is 0 Å².